The quantitative estimate of drug-likeness (QED) is 0.925. The zero-order chi connectivity index (χ0) is 13.1. The van der Waals surface area contributed by atoms with E-state index in [1.807, 2.05) is 6.92 Å². The minimum Gasteiger partial charge on any atom is -0.388 e. The molecular weight excluding hydrogens is 255 g/mol. The smallest absolute Gasteiger partial charge is 0.141 e. The molecule has 2 aromatic rings. The number of aliphatic hydroxyl groups is 1. The molecule has 2 rings (SSSR count). The van der Waals surface area contributed by atoms with E-state index in [0.717, 1.165) is 11.1 Å². The van der Waals surface area contributed by atoms with Crippen LogP contribution in [-0.2, 0) is 6.54 Å². The molecule has 1 aromatic heterocycles. The predicted molar refractivity (Wildman–Crippen MR) is 68.0 cm³/mol. The molecule has 1 atom stereocenters. The predicted octanol–water partition coefficient (Wildman–Crippen LogP) is 3.17. The molecule has 1 heterocycles. The molecule has 1 unspecified atom stereocenters. The summed E-state index contributed by atoms with van der Waals surface area (Å²) in [6.45, 7) is 2.40. The number of aliphatic hydroxyl groups excluding tert-OH is 1. The van der Waals surface area contributed by atoms with Gasteiger partial charge in [-0.3, -0.25) is 4.68 Å². The second kappa shape index (κ2) is 5.50. The van der Waals surface area contributed by atoms with E-state index in [1.54, 1.807) is 29.2 Å². The molecule has 0 saturated carbocycles. The van der Waals surface area contributed by atoms with Crippen molar-refractivity contribution in [3.8, 4) is 0 Å². The minimum absolute atomic E-state index is 0.105. The number of aromatic nitrogens is 2. The van der Waals surface area contributed by atoms with Crippen LogP contribution in [0.5, 0.6) is 0 Å². The molecule has 0 amide bonds. The lowest BCUT2D eigenvalue weighted by Gasteiger charge is -2.04. The Balaban J connectivity index is 2.13. The van der Waals surface area contributed by atoms with Crippen LogP contribution in [0.4, 0.5) is 4.39 Å². The van der Waals surface area contributed by atoms with Crippen molar-refractivity contribution < 1.29 is 9.50 Å². The van der Waals surface area contributed by atoms with Crippen LogP contribution in [0.3, 0.4) is 0 Å². The average molecular weight is 269 g/mol. The van der Waals surface area contributed by atoms with Crippen molar-refractivity contribution in [2.45, 2.75) is 26.0 Å². The topological polar surface area (TPSA) is 38.1 Å². The summed E-state index contributed by atoms with van der Waals surface area (Å²) in [6.07, 6.45) is 3.58. The van der Waals surface area contributed by atoms with Gasteiger partial charge in [0.05, 0.1) is 23.9 Å². The molecule has 96 valence electrons. The highest BCUT2D eigenvalue weighted by Gasteiger charge is 2.08. The van der Waals surface area contributed by atoms with Crippen molar-refractivity contribution in [2.75, 3.05) is 0 Å². The van der Waals surface area contributed by atoms with Gasteiger partial charge in [0.25, 0.3) is 0 Å². The molecule has 0 aliphatic heterocycles. The van der Waals surface area contributed by atoms with Crippen LogP contribution in [0.2, 0.25) is 5.02 Å². The molecule has 0 radical (unpaired) electrons. The maximum Gasteiger partial charge on any atom is 0.141 e. The third-order valence-electron chi connectivity index (χ3n) is 2.75. The first kappa shape index (κ1) is 13.1. The fourth-order valence-electron chi connectivity index (χ4n) is 1.70. The van der Waals surface area contributed by atoms with Gasteiger partial charge in [0.2, 0.25) is 0 Å². The maximum absolute atomic E-state index is 13.0. The second-order valence-corrected chi connectivity index (χ2v) is 4.55. The molecule has 0 aliphatic carbocycles. The molecule has 0 fully saturated rings. The Morgan fingerprint density at radius 2 is 2.28 bits per heavy atom. The molecule has 0 bridgehead atoms. The Labute approximate surface area is 110 Å². The van der Waals surface area contributed by atoms with E-state index < -0.39 is 11.9 Å². The van der Waals surface area contributed by atoms with E-state index in [0.29, 0.717) is 13.0 Å². The summed E-state index contributed by atoms with van der Waals surface area (Å²) >= 11 is 5.71. The van der Waals surface area contributed by atoms with Crippen molar-refractivity contribution in [2.24, 2.45) is 0 Å². The van der Waals surface area contributed by atoms with E-state index in [-0.39, 0.29) is 5.02 Å². The van der Waals surface area contributed by atoms with E-state index in [9.17, 15) is 9.50 Å². The standard InChI is InChI=1S/C13H14ClFN2O/c1-2-13(18)10-6-16-17(8-10)7-9-3-4-12(15)11(14)5-9/h3-6,8,13,18H,2,7H2,1H3. The Bertz CT molecular complexity index is 542. The first-order valence-corrected chi connectivity index (χ1v) is 6.12. The van der Waals surface area contributed by atoms with Gasteiger partial charge >= 0.3 is 0 Å². The fourth-order valence-corrected chi connectivity index (χ4v) is 1.90. The molecule has 0 saturated heterocycles. The summed E-state index contributed by atoms with van der Waals surface area (Å²) in [5.41, 5.74) is 1.65. The highest BCUT2D eigenvalue weighted by molar-refractivity contribution is 6.30. The summed E-state index contributed by atoms with van der Waals surface area (Å²) in [5.74, 6) is -0.428. The molecule has 3 nitrogen and oxygen atoms in total. The summed E-state index contributed by atoms with van der Waals surface area (Å²) in [6, 6.07) is 4.58. The molecular formula is C13H14ClFN2O. The fraction of sp³-hybridized carbons (Fsp3) is 0.308. The Hall–Kier alpha value is -1.39. The molecule has 1 N–H and O–H groups in total. The van der Waals surface area contributed by atoms with Crippen LogP contribution in [0.1, 0.15) is 30.6 Å². The van der Waals surface area contributed by atoms with Gasteiger partial charge < -0.3 is 5.11 Å². The van der Waals surface area contributed by atoms with Gasteiger partial charge in [-0.05, 0) is 24.1 Å². The number of halogens is 2. The van der Waals surface area contributed by atoms with Gasteiger partial charge in [-0.15, -0.1) is 0 Å². The molecule has 0 spiro atoms. The number of nitrogens with zero attached hydrogens (tertiary/aromatic N) is 2. The number of hydrogen-bond acceptors (Lipinski definition) is 2. The van der Waals surface area contributed by atoms with Gasteiger partial charge in [-0.1, -0.05) is 24.6 Å². The first-order chi connectivity index (χ1) is 8.60. The normalized spacial score (nSPS) is 12.7. The van der Waals surface area contributed by atoms with Crippen LogP contribution in [-0.4, -0.2) is 14.9 Å². The zero-order valence-electron chi connectivity index (χ0n) is 9.98. The molecule has 1 aromatic carbocycles. The highest BCUT2D eigenvalue weighted by Crippen LogP contribution is 2.18. The minimum atomic E-state index is -0.490. The van der Waals surface area contributed by atoms with E-state index in [4.69, 9.17) is 11.6 Å². The summed E-state index contributed by atoms with van der Waals surface area (Å²) in [5, 5.41) is 13.9. The Kier molecular flexibility index (Phi) is 3.99. The lowest BCUT2D eigenvalue weighted by atomic mass is 10.1. The van der Waals surface area contributed by atoms with E-state index >= 15 is 0 Å². The van der Waals surface area contributed by atoms with Crippen LogP contribution in [0.25, 0.3) is 0 Å². The van der Waals surface area contributed by atoms with Crippen LogP contribution in [0, 0.1) is 5.82 Å². The van der Waals surface area contributed by atoms with Crippen molar-refractivity contribution in [3.05, 3.63) is 52.6 Å². The van der Waals surface area contributed by atoms with Crippen molar-refractivity contribution in [1.82, 2.24) is 9.78 Å². The van der Waals surface area contributed by atoms with Gasteiger partial charge in [0.15, 0.2) is 0 Å². The van der Waals surface area contributed by atoms with Crippen LogP contribution >= 0.6 is 11.6 Å². The molecule has 18 heavy (non-hydrogen) atoms. The van der Waals surface area contributed by atoms with E-state index in [1.165, 1.54) is 6.07 Å². The van der Waals surface area contributed by atoms with E-state index in [2.05, 4.69) is 5.10 Å². The van der Waals surface area contributed by atoms with Gasteiger partial charge in [-0.25, -0.2) is 4.39 Å². The third-order valence-corrected chi connectivity index (χ3v) is 3.04. The first-order valence-electron chi connectivity index (χ1n) is 5.74. The largest absolute Gasteiger partial charge is 0.388 e. The number of hydrogen-bond donors (Lipinski definition) is 1. The third kappa shape index (κ3) is 2.89. The van der Waals surface area contributed by atoms with Gasteiger partial charge in [-0.2, -0.15) is 5.10 Å². The summed E-state index contributed by atoms with van der Waals surface area (Å²) < 4.78 is 14.7. The van der Waals surface area contributed by atoms with Crippen molar-refractivity contribution >= 4 is 11.6 Å². The highest BCUT2D eigenvalue weighted by atomic mass is 35.5. The SMILES string of the molecule is CCC(O)c1cnn(Cc2ccc(F)c(Cl)c2)c1. The lowest BCUT2D eigenvalue weighted by molar-refractivity contribution is 0.173. The maximum atomic E-state index is 13.0. The zero-order valence-corrected chi connectivity index (χ0v) is 10.7. The van der Waals surface area contributed by atoms with Gasteiger partial charge in [0.1, 0.15) is 5.82 Å². The summed E-state index contributed by atoms with van der Waals surface area (Å²) in [4.78, 5) is 0. The Morgan fingerprint density at radius 1 is 1.50 bits per heavy atom. The monoisotopic (exact) mass is 268 g/mol. The van der Waals surface area contributed by atoms with Crippen LogP contribution in [0.15, 0.2) is 30.6 Å². The second-order valence-electron chi connectivity index (χ2n) is 4.14. The average Bonchev–Trinajstić information content (AvgIpc) is 2.81. The van der Waals surface area contributed by atoms with Gasteiger partial charge in [0, 0.05) is 11.8 Å². The molecule has 0 aliphatic rings. The van der Waals surface area contributed by atoms with Crippen molar-refractivity contribution in [3.63, 3.8) is 0 Å². The lowest BCUT2D eigenvalue weighted by Crippen LogP contribution is -2.00. The number of benzene rings is 1. The van der Waals surface area contributed by atoms with Crippen molar-refractivity contribution in [1.29, 1.82) is 0 Å². The van der Waals surface area contributed by atoms with Crippen LogP contribution < -0.4 is 0 Å². The molecule has 5 heteroatoms. The Morgan fingerprint density at radius 3 is 2.94 bits per heavy atom. The summed E-state index contributed by atoms with van der Waals surface area (Å²) in [7, 11) is 0. The number of rotatable bonds is 4.